The Morgan fingerprint density at radius 1 is 1.19 bits per heavy atom. The fourth-order valence-corrected chi connectivity index (χ4v) is 3.16. The fraction of sp³-hybridized carbons (Fsp3) is 0.333. The van der Waals surface area contributed by atoms with E-state index in [1.54, 1.807) is 0 Å². The van der Waals surface area contributed by atoms with Crippen LogP contribution >= 0.6 is 11.6 Å². The summed E-state index contributed by atoms with van der Waals surface area (Å²) in [6, 6.07) is 15.6. The number of imidazole rings is 1. The molecule has 142 valence electrons. The lowest BCUT2D eigenvalue weighted by Crippen LogP contribution is -2.23. The van der Waals surface area contributed by atoms with Crippen molar-refractivity contribution in [1.29, 1.82) is 0 Å². The van der Waals surface area contributed by atoms with Gasteiger partial charge in [-0.1, -0.05) is 42.8 Å². The van der Waals surface area contributed by atoms with Crippen molar-refractivity contribution in [2.24, 2.45) is 0 Å². The molecule has 0 aliphatic rings. The summed E-state index contributed by atoms with van der Waals surface area (Å²) in [4.78, 5) is 16.1. The molecule has 0 unspecified atom stereocenters. The number of para-hydroxylation sites is 3. The Morgan fingerprint density at radius 3 is 2.78 bits per heavy atom. The monoisotopic (exact) mass is 385 g/mol. The minimum absolute atomic E-state index is 0.0802. The second kappa shape index (κ2) is 9.42. The smallest absolute Gasteiger partial charge is 0.219 e. The first-order valence-corrected chi connectivity index (χ1v) is 9.65. The molecule has 1 N–H and O–H groups in total. The number of ether oxygens (including phenoxy) is 1. The summed E-state index contributed by atoms with van der Waals surface area (Å²) in [5.41, 5.74) is 2.07. The maximum Gasteiger partial charge on any atom is 0.219 e. The van der Waals surface area contributed by atoms with E-state index in [-0.39, 0.29) is 5.91 Å². The number of fused-ring (bicyclic) bond motifs is 1. The second-order valence-corrected chi connectivity index (χ2v) is 6.66. The van der Waals surface area contributed by atoms with Crippen molar-refractivity contribution < 1.29 is 9.53 Å². The Kier molecular flexibility index (Phi) is 6.71. The molecule has 3 aromatic rings. The Morgan fingerprint density at radius 2 is 1.96 bits per heavy atom. The van der Waals surface area contributed by atoms with Crippen molar-refractivity contribution in [2.75, 3.05) is 13.2 Å². The molecule has 6 heteroatoms. The summed E-state index contributed by atoms with van der Waals surface area (Å²) in [6.07, 6.45) is 2.16. The maximum atomic E-state index is 11.4. The molecule has 0 spiro atoms. The summed E-state index contributed by atoms with van der Waals surface area (Å²) in [5.74, 6) is 1.77. The fourth-order valence-electron chi connectivity index (χ4n) is 2.97. The van der Waals surface area contributed by atoms with Crippen LogP contribution in [-0.2, 0) is 17.8 Å². The van der Waals surface area contributed by atoms with Crippen molar-refractivity contribution in [3.63, 3.8) is 0 Å². The highest BCUT2D eigenvalue weighted by atomic mass is 35.5. The van der Waals surface area contributed by atoms with Gasteiger partial charge in [-0.3, -0.25) is 4.79 Å². The first-order chi connectivity index (χ1) is 13.2. The van der Waals surface area contributed by atoms with E-state index in [2.05, 4.69) is 16.0 Å². The SMILES string of the molecule is CCC(=O)NCCCc1nc2ccccc2n1CCOc1ccccc1Cl. The first kappa shape index (κ1) is 19.2. The summed E-state index contributed by atoms with van der Waals surface area (Å²) >= 11 is 6.15. The number of carbonyl (C=O) groups is 1. The number of rotatable bonds is 9. The van der Waals surface area contributed by atoms with Gasteiger partial charge in [-0.15, -0.1) is 0 Å². The van der Waals surface area contributed by atoms with Gasteiger partial charge < -0.3 is 14.6 Å². The molecule has 3 rings (SSSR count). The van der Waals surface area contributed by atoms with E-state index in [0.717, 1.165) is 29.7 Å². The molecule has 1 aromatic heterocycles. The van der Waals surface area contributed by atoms with E-state index in [0.29, 0.717) is 36.9 Å². The molecule has 0 aliphatic heterocycles. The van der Waals surface area contributed by atoms with Gasteiger partial charge in [0.15, 0.2) is 0 Å². The molecule has 1 amide bonds. The van der Waals surface area contributed by atoms with Crippen LogP contribution in [0.15, 0.2) is 48.5 Å². The zero-order valence-electron chi connectivity index (χ0n) is 15.5. The number of benzene rings is 2. The quantitative estimate of drug-likeness (QED) is 0.561. The molecule has 2 aromatic carbocycles. The van der Waals surface area contributed by atoms with E-state index in [1.165, 1.54) is 0 Å². The largest absolute Gasteiger partial charge is 0.490 e. The number of carbonyl (C=O) groups excluding carboxylic acids is 1. The summed E-state index contributed by atoms with van der Waals surface area (Å²) in [6.45, 7) is 3.70. The predicted molar refractivity (Wildman–Crippen MR) is 108 cm³/mol. The highest BCUT2D eigenvalue weighted by molar-refractivity contribution is 6.32. The van der Waals surface area contributed by atoms with Crippen molar-refractivity contribution in [3.05, 3.63) is 59.4 Å². The van der Waals surface area contributed by atoms with Crippen molar-refractivity contribution in [3.8, 4) is 5.75 Å². The van der Waals surface area contributed by atoms with Crippen LogP contribution in [0.2, 0.25) is 5.02 Å². The number of nitrogens with zero attached hydrogens (tertiary/aromatic N) is 2. The highest BCUT2D eigenvalue weighted by Crippen LogP contribution is 2.23. The average molecular weight is 386 g/mol. The van der Waals surface area contributed by atoms with Crippen LogP contribution in [0.3, 0.4) is 0 Å². The molecule has 0 radical (unpaired) electrons. The molecule has 0 fully saturated rings. The third-order valence-corrected chi connectivity index (χ3v) is 4.68. The van der Waals surface area contributed by atoms with Gasteiger partial charge in [0, 0.05) is 19.4 Å². The Balaban J connectivity index is 1.67. The third kappa shape index (κ3) is 5.01. The molecule has 0 saturated carbocycles. The van der Waals surface area contributed by atoms with Crippen molar-refractivity contribution >= 4 is 28.5 Å². The normalized spacial score (nSPS) is 10.9. The first-order valence-electron chi connectivity index (χ1n) is 9.27. The zero-order chi connectivity index (χ0) is 19.1. The zero-order valence-corrected chi connectivity index (χ0v) is 16.2. The standard InChI is InChI=1S/C21H24ClN3O2/c1-2-21(26)23-13-7-12-20-24-17-9-4-5-10-18(17)25(20)14-15-27-19-11-6-3-8-16(19)22/h3-6,8-11H,2,7,12-15H2,1H3,(H,23,26). The maximum absolute atomic E-state index is 11.4. The molecule has 0 aliphatic carbocycles. The molecule has 0 atom stereocenters. The van der Waals surface area contributed by atoms with Crippen LogP contribution in [-0.4, -0.2) is 28.6 Å². The van der Waals surface area contributed by atoms with E-state index in [1.807, 2.05) is 49.4 Å². The molecule has 27 heavy (non-hydrogen) atoms. The predicted octanol–water partition coefficient (Wildman–Crippen LogP) is 4.23. The lowest BCUT2D eigenvalue weighted by molar-refractivity contribution is -0.120. The van der Waals surface area contributed by atoms with Gasteiger partial charge in [0.2, 0.25) is 5.91 Å². The number of halogens is 1. The van der Waals surface area contributed by atoms with Gasteiger partial charge in [-0.05, 0) is 30.7 Å². The summed E-state index contributed by atoms with van der Waals surface area (Å²) in [7, 11) is 0. The van der Waals surface area contributed by atoms with Crippen LogP contribution in [0.25, 0.3) is 11.0 Å². The molecule has 5 nitrogen and oxygen atoms in total. The number of aryl methyl sites for hydroxylation is 1. The third-order valence-electron chi connectivity index (χ3n) is 4.36. The van der Waals surface area contributed by atoms with Crippen molar-refractivity contribution in [2.45, 2.75) is 32.7 Å². The molecule has 0 bridgehead atoms. The molecular formula is C21H24ClN3O2. The number of aromatic nitrogens is 2. The van der Waals surface area contributed by atoms with Gasteiger partial charge in [-0.25, -0.2) is 4.98 Å². The van der Waals surface area contributed by atoms with Gasteiger partial charge in [0.25, 0.3) is 0 Å². The van der Waals surface area contributed by atoms with Crippen LogP contribution in [0.5, 0.6) is 5.75 Å². The Bertz CT molecular complexity index is 907. The molecular weight excluding hydrogens is 362 g/mol. The Hall–Kier alpha value is -2.53. The Labute approximate surface area is 164 Å². The summed E-state index contributed by atoms with van der Waals surface area (Å²) < 4.78 is 8.04. The molecule has 0 saturated heterocycles. The molecule has 1 heterocycles. The second-order valence-electron chi connectivity index (χ2n) is 6.25. The average Bonchev–Trinajstić information content (AvgIpc) is 3.04. The number of amides is 1. The van der Waals surface area contributed by atoms with Gasteiger partial charge >= 0.3 is 0 Å². The number of hydrogen-bond acceptors (Lipinski definition) is 3. The summed E-state index contributed by atoms with van der Waals surface area (Å²) in [5, 5.41) is 3.52. The van der Waals surface area contributed by atoms with Gasteiger partial charge in [0.1, 0.15) is 18.2 Å². The van der Waals surface area contributed by atoms with Gasteiger partial charge in [0.05, 0.1) is 22.6 Å². The highest BCUT2D eigenvalue weighted by Gasteiger charge is 2.11. The lowest BCUT2D eigenvalue weighted by atomic mass is 10.3. The minimum Gasteiger partial charge on any atom is -0.490 e. The van der Waals surface area contributed by atoms with Crippen molar-refractivity contribution in [1.82, 2.24) is 14.9 Å². The minimum atomic E-state index is 0.0802. The van der Waals surface area contributed by atoms with Crippen LogP contribution in [0, 0.1) is 0 Å². The number of nitrogens with one attached hydrogen (secondary N) is 1. The lowest BCUT2D eigenvalue weighted by Gasteiger charge is -2.12. The van der Waals surface area contributed by atoms with Crippen LogP contribution < -0.4 is 10.1 Å². The van der Waals surface area contributed by atoms with E-state index in [4.69, 9.17) is 21.3 Å². The van der Waals surface area contributed by atoms with Crippen LogP contribution in [0.1, 0.15) is 25.6 Å². The topological polar surface area (TPSA) is 56.2 Å². The van der Waals surface area contributed by atoms with Gasteiger partial charge in [-0.2, -0.15) is 0 Å². The van der Waals surface area contributed by atoms with E-state index in [9.17, 15) is 4.79 Å². The van der Waals surface area contributed by atoms with Crippen LogP contribution in [0.4, 0.5) is 0 Å². The van der Waals surface area contributed by atoms with E-state index < -0.39 is 0 Å². The number of hydrogen-bond donors (Lipinski definition) is 1. The van der Waals surface area contributed by atoms with E-state index >= 15 is 0 Å².